The van der Waals surface area contributed by atoms with E-state index in [0.29, 0.717) is 0 Å². The molecule has 0 unspecified atom stereocenters. The molecule has 5 heteroatoms. The monoisotopic (exact) mass is 283 g/mol. The molecule has 1 nitrogen and oxygen atoms in total. The Labute approximate surface area is 101 Å². The Kier molecular flexibility index (Phi) is 9.48. The van der Waals surface area contributed by atoms with Gasteiger partial charge in [0.15, 0.2) is 0 Å². The summed E-state index contributed by atoms with van der Waals surface area (Å²) in [6.45, 7) is 5.23. The molecule has 0 aromatic heterocycles. The molecule has 1 aromatic rings. The first-order valence-corrected chi connectivity index (χ1v) is 5.32. The molecule has 91 valence electrons. The van der Waals surface area contributed by atoms with Crippen LogP contribution in [0.2, 0.25) is 0 Å². The quantitative estimate of drug-likeness (QED) is 0.619. The fraction of sp³-hybridized carbons (Fsp3) is 0.400. The van der Waals surface area contributed by atoms with Gasteiger partial charge >= 0.3 is 0 Å². The van der Waals surface area contributed by atoms with E-state index in [2.05, 4.69) is 0 Å². The topological polar surface area (TPSA) is 20.2 Å². The van der Waals surface area contributed by atoms with E-state index in [4.69, 9.17) is 5.11 Å². The minimum absolute atomic E-state index is 0. The van der Waals surface area contributed by atoms with E-state index in [1.54, 1.807) is 39.0 Å². The zero-order valence-corrected chi connectivity index (χ0v) is 10.7. The van der Waals surface area contributed by atoms with Crippen LogP contribution in [0.1, 0.15) is 20.8 Å². The number of hydrogen-bond acceptors (Lipinski definition) is 1. The summed E-state index contributed by atoms with van der Waals surface area (Å²) in [5, 5.41) is 8.67. The first kappa shape index (κ1) is 17.4. The second kappa shape index (κ2) is 8.18. The van der Waals surface area contributed by atoms with Gasteiger partial charge in [0.1, 0.15) is 0 Å². The van der Waals surface area contributed by atoms with Gasteiger partial charge in [0.05, 0.1) is 5.60 Å². The van der Waals surface area contributed by atoms with Gasteiger partial charge in [0.2, 0.25) is 0 Å². The Morgan fingerprint density at radius 1 is 1.07 bits per heavy atom. The summed E-state index contributed by atoms with van der Waals surface area (Å²) in [5.74, 6) is 0. The fourth-order valence-corrected chi connectivity index (χ4v) is 0.938. The van der Waals surface area contributed by atoms with Crippen LogP contribution in [0.15, 0.2) is 30.3 Å². The van der Waals surface area contributed by atoms with Gasteiger partial charge in [-0.3, -0.25) is 0 Å². The molecule has 0 amide bonds. The van der Waals surface area contributed by atoms with Gasteiger partial charge in [0, 0.05) is 22.4 Å². The van der Waals surface area contributed by atoms with Crippen molar-refractivity contribution in [2.75, 3.05) is 0 Å². The molecule has 0 fully saturated rings. The maximum absolute atomic E-state index is 11.8. The molecule has 0 heterocycles. The predicted molar refractivity (Wildman–Crippen MR) is 57.2 cm³/mol. The van der Waals surface area contributed by atoms with Crippen molar-refractivity contribution in [3.63, 3.8) is 0 Å². The van der Waals surface area contributed by atoms with Crippen molar-refractivity contribution in [1.82, 2.24) is 0 Å². The molecule has 0 aliphatic rings. The second-order valence-corrected chi connectivity index (χ2v) is 4.72. The molecule has 0 atom stereocenters. The third kappa shape index (κ3) is 14.0. The third-order valence-corrected chi connectivity index (χ3v) is 1.64. The summed E-state index contributed by atoms with van der Waals surface area (Å²) >= 11 is 0. The Morgan fingerprint density at radius 3 is 1.60 bits per heavy atom. The standard InChI is InChI=1S/C6H5F2P.C4H10O.Cu/c7-9(8)6-4-2-1-3-5-6;1-4(2,3)5;/h1-5H;5H,1-3H3;. The van der Waals surface area contributed by atoms with Gasteiger partial charge in [0.25, 0.3) is 8.54 Å². The summed E-state index contributed by atoms with van der Waals surface area (Å²) in [4.78, 5) is 0. The smallest absolute Gasteiger partial charge is 0.298 e. The average molecular weight is 284 g/mol. The van der Waals surface area contributed by atoms with Gasteiger partial charge < -0.3 is 5.11 Å². The number of halogens is 2. The molecule has 0 aliphatic heterocycles. The second-order valence-electron chi connectivity index (χ2n) is 3.74. The first-order valence-electron chi connectivity index (χ1n) is 4.20. The molecule has 0 spiro atoms. The van der Waals surface area contributed by atoms with Crippen LogP contribution in [-0.2, 0) is 17.1 Å². The average Bonchev–Trinajstić information content (AvgIpc) is 2.03. The normalized spacial score (nSPS) is 10.1. The van der Waals surface area contributed by atoms with Gasteiger partial charge in [-0.2, -0.15) is 8.39 Å². The van der Waals surface area contributed by atoms with Crippen LogP contribution in [-0.4, -0.2) is 10.7 Å². The molecule has 1 rings (SSSR count). The van der Waals surface area contributed by atoms with Crippen molar-refractivity contribution in [2.24, 2.45) is 0 Å². The van der Waals surface area contributed by atoms with Gasteiger partial charge in [-0.1, -0.05) is 18.2 Å². The largest absolute Gasteiger partial charge is 0.391 e. The van der Waals surface area contributed by atoms with E-state index >= 15 is 0 Å². The van der Waals surface area contributed by atoms with Crippen molar-refractivity contribution in [1.29, 1.82) is 0 Å². The zero-order chi connectivity index (χ0) is 11.2. The number of benzene rings is 1. The minimum Gasteiger partial charge on any atom is -0.391 e. The van der Waals surface area contributed by atoms with Crippen molar-refractivity contribution in [3.8, 4) is 0 Å². The summed E-state index contributed by atoms with van der Waals surface area (Å²) < 4.78 is 23.7. The Hall–Kier alpha value is -0.0105. The van der Waals surface area contributed by atoms with Crippen LogP contribution in [0.25, 0.3) is 0 Å². The van der Waals surface area contributed by atoms with Gasteiger partial charge in [-0.15, -0.1) is 0 Å². The van der Waals surface area contributed by atoms with E-state index in [1.807, 2.05) is 0 Å². The Bertz CT molecular complexity index is 243. The van der Waals surface area contributed by atoms with E-state index in [1.165, 1.54) is 12.1 Å². The van der Waals surface area contributed by atoms with Crippen molar-refractivity contribution >= 4 is 13.8 Å². The molecule has 1 N–H and O–H groups in total. The summed E-state index contributed by atoms with van der Waals surface area (Å²) in [7, 11) is -2.90. The SMILES string of the molecule is CC(C)(C)O.FP(F)c1ccccc1.[Cu]. The van der Waals surface area contributed by atoms with Crippen LogP contribution in [0.4, 0.5) is 8.39 Å². The fourth-order valence-electron chi connectivity index (χ4n) is 0.541. The van der Waals surface area contributed by atoms with E-state index in [-0.39, 0.29) is 22.4 Å². The number of aliphatic hydroxyl groups is 1. The summed E-state index contributed by atoms with van der Waals surface area (Å²) in [6.07, 6.45) is 0. The van der Waals surface area contributed by atoms with E-state index in [9.17, 15) is 8.39 Å². The van der Waals surface area contributed by atoms with Crippen molar-refractivity contribution in [3.05, 3.63) is 30.3 Å². The predicted octanol–water partition coefficient (Wildman–Crippen LogP) is 3.34. The molecule has 15 heavy (non-hydrogen) atoms. The molecule has 0 saturated carbocycles. The summed E-state index contributed by atoms with van der Waals surface area (Å²) in [5.41, 5.74) is -0.500. The first-order chi connectivity index (χ1) is 6.30. The van der Waals surface area contributed by atoms with Crippen LogP contribution in [0, 0.1) is 0 Å². The molecule has 1 radical (unpaired) electrons. The van der Waals surface area contributed by atoms with E-state index < -0.39 is 14.1 Å². The minimum atomic E-state index is -2.90. The molecular formula is C10H15CuF2OP. The molecule has 1 aromatic carbocycles. The van der Waals surface area contributed by atoms with E-state index in [0.717, 1.165) is 0 Å². The number of hydrogen-bond donors (Lipinski definition) is 1. The molecular weight excluding hydrogens is 269 g/mol. The third-order valence-electron chi connectivity index (χ3n) is 0.951. The Balaban J connectivity index is 0. The van der Waals surface area contributed by atoms with Crippen LogP contribution in [0.5, 0.6) is 0 Å². The Morgan fingerprint density at radius 2 is 1.40 bits per heavy atom. The summed E-state index contributed by atoms with van der Waals surface area (Å²) in [6, 6.07) is 7.83. The maximum Gasteiger partial charge on any atom is 0.298 e. The van der Waals surface area contributed by atoms with Gasteiger partial charge in [-0.25, -0.2) is 0 Å². The van der Waals surface area contributed by atoms with Crippen molar-refractivity contribution in [2.45, 2.75) is 26.4 Å². The molecule has 0 saturated heterocycles. The molecule has 0 aliphatic carbocycles. The van der Waals surface area contributed by atoms with Crippen LogP contribution >= 0.6 is 8.54 Å². The van der Waals surface area contributed by atoms with Gasteiger partial charge in [-0.05, 0) is 32.9 Å². The van der Waals surface area contributed by atoms with Crippen LogP contribution in [0.3, 0.4) is 0 Å². The maximum atomic E-state index is 11.8. The van der Waals surface area contributed by atoms with Crippen molar-refractivity contribution < 1.29 is 30.6 Å². The zero-order valence-electron chi connectivity index (χ0n) is 8.84. The molecule has 0 bridgehead atoms. The number of rotatable bonds is 1. The van der Waals surface area contributed by atoms with Crippen LogP contribution < -0.4 is 5.30 Å².